The number of hydrogen-bond donors (Lipinski definition) is 0. The zero-order valence-electron chi connectivity index (χ0n) is 12.3. The van der Waals surface area contributed by atoms with Crippen LogP contribution < -0.4 is 9.47 Å². The van der Waals surface area contributed by atoms with Gasteiger partial charge in [0.2, 0.25) is 0 Å². The fraction of sp³-hybridized carbons (Fsp3) is 0.462. The van der Waals surface area contributed by atoms with Crippen LogP contribution in [-0.2, 0) is 9.05 Å². The molecular formula is C13H18ClNO5S. The van der Waals surface area contributed by atoms with Gasteiger partial charge in [-0.25, -0.2) is 8.42 Å². The molecule has 0 saturated carbocycles. The highest BCUT2D eigenvalue weighted by Crippen LogP contribution is 2.37. The molecule has 0 aliphatic heterocycles. The summed E-state index contributed by atoms with van der Waals surface area (Å²) in [5.41, 5.74) is 0.169. The Bertz CT molecular complexity index is 630. The second kappa shape index (κ2) is 7.00. The van der Waals surface area contributed by atoms with Gasteiger partial charge in [-0.3, -0.25) is 4.79 Å². The van der Waals surface area contributed by atoms with Crippen molar-refractivity contribution in [2.45, 2.75) is 18.2 Å². The average molecular weight is 336 g/mol. The molecule has 8 heteroatoms. The van der Waals surface area contributed by atoms with E-state index in [0.717, 1.165) is 6.42 Å². The molecule has 0 N–H and O–H groups in total. The quantitative estimate of drug-likeness (QED) is 0.744. The van der Waals surface area contributed by atoms with E-state index < -0.39 is 9.05 Å². The van der Waals surface area contributed by atoms with Gasteiger partial charge in [0, 0.05) is 29.8 Å². The summed E-state index contributed by atoms with van der Waals surface area (Å²) in [6.07, 6.45) is 0.788. The fourth-order valence-corrected chi connectivity index (χ4v) is 2.91. The number of benzene rings is 1. The SMILES string of the molecule is CCCN(C)C(=O)c1cc(OC)c(OC)c(S(=O)(=O)Cl)c1. The molecule has 6 nitrogen and oxygen atoms in total. The normalized spacial score (nSPS) is 11.1. The van der Waals surface area contributed by atoms with Crippen molar-refractivity contribution in [2.75, 3.05) is 27.8 Å². The molecule has 0 atom stereocenters. The lowest BCUT2D eigenvalue weighted by Gasteiger charge is -2.18. The second-order valence-electron chi connectivity index (χ2n) is 4.37. The van der Waals surface area contributed by atoms with E-state index in [0.29, 0.717) is 6.54 Å². The van der Waals surface area contributed by atoms with Crippen molar-refractivity contribution >= 4 is 25.6 Å². The zero-order chi connectivity index (χ0) is 16.2. The minimum Gasteiger partial charge on any atom is -0.493 e. The molecular weight excluding hydrogens is 318 g/mol. The summed E-state index contributed by atoms with van der Waals surface area (Å²) in [5, 5.41) is 0. The maximum Gasteiger partial charge on any atom is 0.265 e. The van der Waals surface area contributed by atoms with Crippen LogP contribution in [0.1, 0.15) is 23.7 Å². The van der Waals surface area contributed by atoms with Gasteiger partial charge in [0.05, 0.1) is 14.2 Å². The Kier molecular flexibility index (Phi) is 5.86. The number of amides is 1. The molecule has 0 aliphatic rings. The Morgan fingerprint density at radius 1 is 1.29 bits per heavy atom. The van der Waals surface area contributed by atoms with Gasteiger partial charge in [-0.15, -0.1) is 0 Å². The molecule has 1 aromatic rings. The van der Waals surface area contributed by atoms with Gasteiger partial charge in [0.15, 0.2) is 11.5 Å². The van der Waals surface area contributed by atoms with E-state index in [-0.39, 0.29) is 27.9 Å². The third kappa shape index (κ3) is 4.01. The molecule has 0 aromatic heterocycles. The van der Waals surface area contributed by atoms with E-state index in [1.165, 1.54) is 31.3 Å². The minimum atomic E-state index is -4.08. The van der Waals surface area contributed by atoms with Crippen molar-refractivity contribution in [1.29, 1.82) is 0 Å². The summed E-state index contributed by atoms with van der Waals surface area (Å²) in [7, 11) is 5.61. The van der Waals surface area contributed by atoms with Crippen LogP contribution in [-0.4, -0.2) is 47.0 Å². The molecule has 0 radical (unpaired) electrons. The first-order valence-corrected chi connectivity index (χ1v) is 8.53. The monoisotopic (exact) mass is 335 g/mol. The largest absolute Gasteiger partial charge is 0.493 e. The summed E-state index contributed by atoms with van der Waals surface area (Å²) in [6, 6.07) is 2.62. The van der Waals surface area contributed by atoms with Gasteiger partial charge < -0.3 is 14.4 Å². The first kappa shape index (κ1) is 17.6. The lowest BCUT2D eigenvalue weighted by Crippen LogP contribution is -2.27. The highest BCUT2D eigenvalue weighted by Gasteiger charge is 2.24. The van der Waals surface area contributed by atoms with Gasteiger partial charge in [-0.2, -0.15) is 0 Å². The van der Waals surface area contributed by atoms with Crippen molar-refractivity contribution in [3.63, 3.8) is 0 Å². The number of hydrogen-bond acceptors (Lipinski definition) is 5. The van der Waals surface area contributed by atoms with Crippen LogP contribution in [0.2, 0.25) is 0 Å². The maximum atomic E-state index is 12.3. The Balaban J connectivity index is 3.47. The zero-order valence-corrected chi connectivity index (χ0v) is 13.9. The number of ether oxygens (including phenoxy) is 2. The molecule has 1 aromatic carbocycles. The van der Waals surface area contributed by atoms with E-state index >= 15 is 0 Å². The minimum absolute atomic E-state index is 0.0257. The lowest BCUT2D eigenvalue weighted by atomic mass is 10.1. The van der Waals surface area contributed by atoms with Crippen LogP contribution in [0.3, 0.4) is 0 Å². The Morgan fingerprint density at radius 3 is 2.33 bits per heavy atom. The Labute approximate surface area is 129 Å². The molecule has 0 bridgehead atoms. The Hall–Kier alpha value is -1.47. The van der Waals surface area contributed by atoms with Crippen LogP contribution in [0.5, 0.6) is 11.5 Å². The summed E-state index contributed by atoms with van der Waals surface area (Å²) in [4.78, 5) is 13.5. The third-order valence-corrected chi connectivity index (χ3v) is 4.19. The van der Waals surface area contributed by atoms with Gasteiger partial charge in [-0.05, 0) is 18.6 Å². The number of halogens is 1. The summed E-state index contributed by atoms with van der Waals surface area (Å²) in [6.45, 7) is 2.49. The van der Waals surface area contributed by atoms with Crippen LogP contribution in [0.25, 0.3) is 0 Å². The van der Waals surface area contributed by atoms with Crippen LogP contribution in [0.4, 0.5) is 0 Å². The number of carbonyl (C=O) groups excluding carboxylic acids is 1. The van der Waals surface area contributed by atoms with Crippen LogP contribution >= 0.6 is 10.7 Å². The third-order valence-electron chi connectivity index (χ3n) is 2.86. The Morgan fingerprint density at radius 2 is 1.90 bits per heavy atom. The maximum absolute atomic E-state index is 12.3. The summed E-state index contributed by atoms with van der Waals surface area (Å²) >= 11 is 0. The number of rotatable bonds is 6. The summed E-state index contributed by atoms with van der Waals surface area (Å²) in [5.74, 6) is -0.214. The fourth-order valence-electron chi connectivity index (χ4n) is 1.89. The predicted octanol–water partition coefficient (Wildman–Crippen LogP) is 2.11. The molecule has 1 rings (SSSR count). The first-order valence-electron chi connectivity index (χ1n) is 6.22. The van der Waals surface area contributed by atoms with Crippen molar-refractivity contribution in [1.82, 2.24) is 4.90 Å². The van der Waals surface area contributed by atoms with E-state index in [1.54, 1.807) is 7.05 Å². The van der Waals surface area contributed by atoms with Gasteiger partial charge in [0.1, 0.15) is 4.90 Å². The standard InChI is InChI=1S/C13H18ClNO5S/c1-5-6-15(2)13(16)9-7-10(19-3)12(20-4)11(8-9)21(14,17)18/h7-8H,5-6H2,1-4H3. The van der Waals surface area contributed by atoms with Crippen molar-refractivity contribution in [3.05, 3.63) is 17.7 Å². The van der Waals surface area contributed by atoms with Crippen LogP contribution in [0.15, 0.2) is 17.0 Å². The predicted molar refractivity (Wildman–Crippen MR) is 79.8 cm³/mol. The molecule has 0 saturated heterocycles. The lowest BCUT2D eigenvalue weighted by molar-refractivity contribution is 0.0794. The topological polar surface area (TPSA) is 72.9 Å². The number of carbonyl (C=O) groups is 1. The van der Waals surface area contributed by atoms with E-state index in [2.05, 4.69) is 0 Å². The molecule has 0 unspecified atom stereocenters. The summed E-state index contributed by atoms with van der Waals surface area (Å²) < 4.78 is 33.4. The van der Waals surface area contributed by atoms with E-state index in [4.69, 9.17) is 20.2 Å². The highest BCUT2D eigenvalue weighted by molar-refractivity contribution is 8.13. The highest BCUT2D eigenvalue weighted by atomic mass is 35.7. The molecule has 0 spiro atoms. The van der Waals surface area contributed by atoms with Crippen LogP contribution in [0, 0.1) is 0 Å². The van der Waals surface area contributed by atoms with Gasteiger partial charge in [-0.1, -0.05) is 6.92 Å². The molecule has 21 heavy (non-hydrogen) atoms. The molecule has 0 fully saturated rings. The number of methoxy groups -OCH3 is 2. The number of nitrogens with zero attached hydrogens (tertiary/aromatic N) is 1. The smallest absolute Gasteiger partial charge is 0.265 e. The van der Waals surface area contributed by atoms with Crippen molar-refractivity contribution in [2.24, 2.45) is 0 Å². The second-order valence-corrected chi connectivity index (χ2v) is 6.91. The first-order chi connectivity index (χ1) is 9.76. The average Bonchev–Trinajstić information content (AvgIpc) is 2.44. The molecule has 1 amide bonds. The molecule has 0 heterocycles. The van der Waals surface area contributed by atoms with Crippen molar-refractivity contribution < 1.29 is 22.7 Å². The van der Waals surface area contributed by atoms with Gasteiger partial charge >= 0.3 is 0 Å². The molecule has 0 aliphatic carbocycles. The van der Waals surface area contributed by atoms with Gasteiger partial charge in [0.25, 0.3) is 15.0 Å². The molecule has 118 valence electrons. The van der Waals surface area contributed by atoms with Crippen molar-refractivity contribution in [3.8, 4) is 11.5 Å². The van der Waals surface area contributed by atoms with E-state index in [9.17, 15) is 13.2 Å². The van der Waals surface area contributed by atoms with E-state index in [1.807, 2.05) is 6.92 Å².